The predicted molar refractivity (Wildman–Crippen MR) is 109 cm³/mol. The molecule has 0 bridgehead atoms. The number of hydrogen-bond acceptors (Lipinski definition) is 2. The first kappa shape index (κ1) is 19.5. The molecule has 2 aromatic rings. The van der Waals surface area contributed by atoms with E-state index in [2.05, 4.69) is 10.6 Å². The van der Waals surface area contributed by atoms with E-state index >= 15 is 0 Å². The van der Waals surface area contributed by atoms with Crippen molar-refractivity contribution in [2.75, 3.05) is 13.1 Å². The van der Waals surface area contributed by atoms with Crippen LogP contribution in [0, 0.1) is 17.6 Å². The normalized spacial score (nSPS) is 19.8. The van der Waals surface area contributed by atoms with Gasteiger partial charge in [0, 0.05) is 17.6 Å². The Labute approximate surface area is 166 Å². The number of benzene rings is 2. The summed E-state index contributed by atoms with van der Waals surface area (Å²) in [6.07, 6.45) is 7.71. The molecule has 4 rings (SSSR count). The second-order valence-corrected chi connectivity index (χ2v) is 8.47. The van der Waals surface area contributed by atoms with E-state index in [9.17, 15) is 8.78 Å². The number of halogens is 2. The minimum Gasteiger partial charge on any atom is -0.317 e. The summed E-state index contributed by atoms with van der Waals surface area (Å²) in [7, 11) is 0. The van der Waals surface area contributed by atoms with E-state index in [1.165, 1.54) is 30.5 Å². The van der Waals surface area contributed by atoms with Crippen molar-refractivity contribution < 1.29 is 8.78 Å². The van der Waals surface area contributed by atoms with Gasteiger partial charge in [-0.3, -0.25) is 0 Å². The fourth-order valence-corrected chi connectivity index (χ4v) is 4.89. The summed E-state index contributed by atoms with van der Waals surface area (Å²) in [5.74, 6) is 0.329. The molecule has 2 fully saturated rings. The third-order valence-corrected chi connectivity index (χ3v) is 6.56. The largest absolute Gasteiger partial charge is 0.317 e. The fourth-order valence-electron chi connectivity index (χ4n) is 4.89. The molecular formula is C24H30F2N2. The summed E-state index contributed by atoms with van der Waals surface area (Å²) in [6, 6.07) is 12.4. The van der Waals surface area contributed by atoms with Crippen LogP contribution >= 0.6 is 0 Å². The summed E-state index contributed by atoms with van der Waals surface area (Å²) in [5, 5.41) is 7.05. The average molecular weight is 385 g/mol. The van der Waals surface area contributed by atoms with Gasteiger partial charge in [0.05, 0.1) is 0 Å². The lowest BCUT2D eigenvalue weighted by atomic mass is 9.87. The van der Waals surface area contributed by atoms with Crippen molar-refractivity contribution in [3.8, 4) is 0 Å². The van der Waals surface area contributed by atoms with Gasteiger partial charge < -0.3 is 10.6 Å². The molecule has 1 saturated heterocycles. The van der Waals surface area contributed by atoms with Crippen LogP contribution in [0.25, 0.3) is 0 Å². The lowest BCUT2D eigenvalue weighted by molar-refractivity contribution is 0.335. The van der Waals surface area contributed by atoms with Gasteiger partial charge in [-0.05, 0) is 80.4 Å². The molecule has 2 aliphatic rings. The molecule has 1 saturated carbocycles. The minimum absolute atomic E-state index is 0.145. The maximum Gasteiger partial charge on any atom is 0.127 e. The highest BCUT2D eigenvalue weighted by Crippen LogP contribution is 2.39. The Morgan fingerprint density at radius 2 is 1.68 bits per heavy atom. The molecule has 150 valence electrons. The van der Waals surface area contributed by atoms with Crippen LogP contribution < -0.4 is 10.6 Å². The Bertz CT molecular complexity index is 776. The van der Waals surface area contributed by atoms with E-state index in [1.807, 2.05) is 24.3 Å². The molecule has 1 aliphatic heterocycles. The van der Waals surface area contributed by atoms with Crippen molar-refractivity contribution in [2.45, 2.75) is 57.0 Å². The van der Waals surface area contributed by atoms with Gasteiger partial charge in [-0.25, -0.2) is 8.78 Å². The SMILES string of the molecule is Fc1ccc(C2(NCc3cc(CC4CCNCC4)ccc3F)CCCC2)cc1. The van der Waals surface area contributed by atoms with Crippen LogP contribution in [0.1, 0.15) is 55.2 Å². The van der Waals surface area contributed by atoms with Crippen LogP contribution in [0.4, 0.5) is 8.78 Å². The summed E-state index contributed by atoms with van der Waals surface area (Å²) in [4.78, 5) is 0. The van der Waals surface area contributed by atoms with Crippen molar-refractivity contribution in [3.63, 3.8) is 0 Å². The molecule has 0 atom stereocenters. The summed E-state index contributed by atoms with van der Waals surface area (Å²) < 4.78 is 27.9. The van der Waals surface area contributed by atoms with Gasteiger partial charge in [-0.1, -0.05) is 37.1 Å². The van der Waals surface area contributed by atoms with E-state index in [0.29, 0.717) is 12.5 Å². The molecule has 2 N–H and O–H groups in total. The van der Waals surface area contributed by atoms with Crippen LogP contribution in [0.5, 0.6) is 0 Å². The third kappa shape index (κ3) is 4.44. The Hall–Kier alpha value is -1.78. The highest BCUT2D eigenvalue weighted by Gasteiger charge is 2.35. The van der Waals surface area contributed by atoms with E-state index < -0.39 is 0 Å². The molecule has 0 spiro atoms. The maximum atomic E-state index is 14.5. The van der Waals surface area contributed by atoms with Crippen molar-refractivity contribution in [3.05, 3.63) is 70.8 Å². The van der Waals surface area contributed by atoms with E-state index in [1.54, 1.807) is 6.07 Å². The summed E-state index contributed by atoms with van der Waals surface area (Å²) in [6.45, 7) is 2.67. The molecule has 0 amide bonds. The van der Waals surface area contributed by atoms with E-state index in [4.69, 9.17) is 0 Å². The Balaban J connectivity index is 1.48. The standard InChI is InChI=1S/C24H30F2N2/c25-22-6-4-21(5-7-22)24(11-1-2-12-24)28-17-20-16-19(3-8-23(20)26)15-18-9-13-27-14-10-18/h3-8,16,18,27-28H,1-2,9-15,17H2. The van der Waals surface area contributed by atoms with Gasteiger partial charge in [0.1, 0.15) is 11.6 Å². The van der Waals surface area contributed by atoms with Crippen LogP contribution in [0.2, 0.25) is 0 Å². The van der Waals surface area contributed by atoms with Gasteiger partial charge in [0.2, 0.25) is 0 Å². The summed E-state index contributed by atoms with van der Waals surface area (Å²) in [5.41, 5.74) is 2.90. The molecule has 0 aromatic heterocycles. The second-order valence-electron chi connectivity index (χ2n) is 8.47. The zero-order chi connectivity index (χ0) is 19.4. The highest BCUT2D eigenvalue weighted by molar-refractivity contribution is 5.29. The molecule has 1 heterocycles. The molecule has 28 heavy (non-hydrogen) atoms. The molecule has 0 radical (unpaired) electrons. The van der Waals surface area contributed by atoms with Gasteiger partial charge >= 0.3 is 0 Å². The lowest BCUT2D eigenvalue weighted by Crippen LogP contribution is -2.39. The van der Waals surface area contributed by atoms with Gasteiger partial charge in [-0.2, -0.15) is 0 Å². The number of nitrogens with one attached hydrogen (secondary N) is 2. The fraction of sp³-hybridized carbons (Fsp3) is 0.500. The Morgan fingerprint density at radius 3 is 2.39 bits per heavy atom. The molecule has 2 aromatic carbocycles. The third-order valence-electron chi connectivity index (χ3n) is 6.56. The number of hydrogen-bond donors (Lipinski definition) is 2. The van der Waals surface area contributed by atoms with Crippen LogP contribution in [-0.2, 0) is 18.5 Å². The van der Waals surface area contributed by atoms with Crippen molar-refractivity contribution in [1.29, 1.82) is 0 Å². The molecule has 4 heteroatoms. The first-order valence-corrected chi connectivity index (χ1v) is 10.6. The van der Waals surface area contributed by atoms with Gasteiger partial charge in [0.25, 0.3) is 0 Å². The van der Waals surface area contributed by atoms with Crippen LogP contribution in [-0.4, -0.2) is 13.1 Å². The maximum absolute atomic E-state index is 14.5. The smallest absolute Gasteiger partial charge is 0.127 e. The van der Waals surface area contributed by atoms with Gasteiger partial charge in [0.15, 0.2) is 0 Å². The van der Waals surface area contributed by atoms with Crippen molar-refractivity contribution in [2.24, 2.45) is 5.92 Å². The monoisotopic (exact) mass is 384 g/mol. The van der Waals surface area contributed by atoms with Crippen molar-refractivity contribution in [1.82, 2.24) is 10.6 Å². The molecular weight excluding hydrogens is 354 g/mol. The summed E-state index contributed by atoms with van der Waals surface area (Å²) >= 11 is 0. The van der Waals surface area contributed by atoms with Crippen molar-refractivity contribution >= 4 is 0 Å². The van der Waals surface area contributed by atoms with Crippen LogP contribution in [0.15, 0.2) is 42.5 Å². The molecule has 2 nitrogen and oxygen atoms in total. The predicted octanol–water partition coefficient (Wildman–Crippen LogP) is 5.07. The zero-order valence-electron chi connectivity index (χ0n) is 16.4. The first-order chi connectivity index (χ1) is 13.6. The molecule has 1 aliphatic carbocycles. The zero-order valence-corrected chi connectivity index (χ0v) is 16.4. The second kappa shape index (κ2) is 8.71. The first-order valence-electron chi connectivity index (χ1n) is 10.6. The highest BCUT2D eigenvalue weighted by atomic mass is 19.1. The van der Waals surface area contributed by atoms with E-state index in [0.717, 1.165) is 56.3 Å². The van der Waals surface area contributed by atoms with Crippen LogP contribution in [0.3, 0.4) is 0 Å². The number of rotatable bonds is 6. The minimum atomic E-state index is -0.214. The Morgan fingerprint density at radius 1 is 0.964 bits per heavy atom. The topological polar surface area (TPSA) is 24.1 Å². The average Bonchev–Trinajstić information content (AvgIpc) is 3.20. The lowest BCUT2D eigenvalue weighted by Gasteiger charge is -2.31. The number of piperidine rings is 1. The van der Waals surface area contributed by atoms with Gasteiger partial charge in [-0.15, -0.1) is 0 Å². The Kier molecular flexibility index (Phi) is 6.07. The molecule has 0 unspecified atom stereocenters. The quantitative estimate of drug-likeness (QED) is 0.727. The van der Waals surface area contributed by atoms with E-state index in [-0.39, 0.29) is 17.2 Å².